The van der Waals surface area contributed by atoms with Crippen molar-refractivity contribution in [2.45, 2.75) is 71.1 Å². The van der Waals surface area contributed by atoms with Crippen molar-refractivity contribution >= 4 is 19.3 Å². The molecule has 0 spiro atoms. The lowest BCUT2D eigenvalue weighted by molar-refractivity contribution is 0.313. The van der Waals surface area contributed by atoms with Crippen molar-refractivity contribution in [2.24, 2.45) is 0 Å². The highest BCUT2D eigenvalue weighted by Gasteiger charge is 2.18. The van der Waals surface area contributed by atoms with Gasteiger partial charge in [0.2, 0.25) is 0 Å². The third-order valence-electron chi connectivity index (χ3n) is 2.90. The van der Waals surface area contributed by atoms with Crippen LogP contribution in [0.1, 0.15) is 71.1 Å². The molecule has 7 heteroatoms. The summed E-state index contributed by atoms with van der Waals surface area (Å²) in [5.74, 6) is 0. The summed E-state index contributed by atoms with van der Waals surface area (Å²) in [7, 11) is -7.22. The summed E-state index contributed by atoms with van der Waals surface area (Å²) < 4.78 is 44.8. The maximum Gasteiger partial charge on any atom is 0.375 e. The quantitative estimate of drug-likeness (QED) is 0.320. The molecule has 0 aliphatic carbocycles. The number of unbranched alkanes of at least 4 members (excludes halogenated alkanes) is 9. The van der Waals surface area contributed by atoms with E-state index in [0.29, 0.717) is 6.42 Å². The van der Waals surface area contributed by atoms with Crippen molar-refractivity contribution in [3.05, 3.63) is 0 Å². The molecule has 0 aliphatic rings. The summed E-state index contributed by atoms with van der Waals surface area (Å²) in [5.41, 5.74) is 0. The lowest BCUT2D eigenvalue weighted by Crippen LogP contribution is -2.12. The molecular weight excluding hydrogens is 288 g/mol. The maximum atomic E-state index is 10.8. The zero-order valence-corrected chi connectivity index (χ0v) is 13.3. The Labute approximate surface area is 118 Å². The Morgan fingerprint density at radius 1 is 0.895 bits per heavy atom. The second kappa shape index (κ2) is 11.8. The number of hydrogen-bond donors (Lipinski definition) is 1. The molecule has 0 saturated heterocycles. The zero-order valence-electron chi connectivity index (χ0n) is 11.7. The predicted octanol–water partition coefficient (Wildman–Crippen LogP) is 3.39. The van der Waals surface area contributed by atoms with Gasteiger partial charge in [-0.15, -0.1) is 0 Å². The van der Waals surface area contributed by atoms with E-state index in [0.717, 1.165) is 19.3 Å². The van der Waals surface area contributed by atoms with Crippen LogP contribution in [-0.2, 0) is 23.4 Å². The van der Waals surface area contributed by atoms with Gasteiger partial charge in [-0.2, -0.15) is 8.42 Å². The lowest BCUT2D eigenvalue weighted by Gasteiger charge is -2.03. The second-order valence-corrected chi connectivity index (χ2v) is 8.20. The van der Waals surface area contributed by atoms with Crippen LogP contribution in [0.2, 0.25) is 0 Å². The standard InChI is InChI=1S/C12H26O5S2/c1-2-3-4-5-6-7-8-9-10-11-12-17-19(15,16)18(13)14/h2-12H2,1H3,(H,13,14). The highest BCUT2D eigenvalue weighted by molar-refractivity contribution is 8.59. The highest BCUT2D eigenvalue weighted by Crippen LogP contribution is 2.10. The van der Waals surface area contributed by atoms with Gasteiger partial charge in [-0.1, -0.05) is 64.7 Å². The molecule has 1 atom stereocenters. The molecule has 5 nitrogen and oxygen atoms in total. The fraction of sp³-hybridized carbons (Fsp3) is 1.00. The van der Waals surface area contributed by atoms with Crippen LogP contribution in [-0.4, -0.2) is 23.8 Å². The Kier molecular flexibility index (Phi) is 11.8. The Balaban J connectivity index is 3.26. The summed E-state index contributed by atoms with van der Waals surface area (Å²) in [5, 5.41) is 0. The minimum absolute atomic E-state index is 0.00880. The van der Waals surface area contributed by atoms with Gasteiger partial charge in [-0.05, 0) is 6.42 Å². The summed E-state index contributed by atoms with van der Waals surface area (Å²) in [6, 6.07) is 0. The summed E-state index contributed by atoms with van der Waals surface area (Å²) in [4.78, 5) is 0. The van der Waals surface area contributed by atoms with Gasteiger partial charge >= 0.3 is 19.3 Å². The molecule has 0 bridgehead atoms. The van der Waals surface area contributed by atoms with Crippen molar-refractivity contribution in [3.63, 3.8) is 0 Å². The van der Waals surface area contributed by atoms with Crippen molar-refractivity contribution < 1.29 is 21.4 Å². The van der Waals surface area contributed by atoms with Crippen molar-refractivity contribution in [3.8, 4) is 0 Å². The minimum Gasteiger partial charge on any atom is -0.292 e. The van der Waals surface area contributed by atoms with Crippen molar-refractivity contribution in [1.82, 2.24) is 0 Å². The van der Waals surface area contributed by atoms with Gasteiger partial charge in [0.1, 0.15) is 0 Å². The van der Waals surface area contributed by atoms with E-state index in [1.54, 1.807) is 0 Å². The predicted molar refractivity (Wildman–Crippen MR) is 77.5 cm³/mol. The summed E-state index contributed by atoms with van der Waals surface area (Å²) >= 11 is 0. The van der Waals surface area contributed by atoms with Gasteiger partial charge in [0.15, 0.2) is 0 Å². The monoisotopic (exact) mass is 314 g/mol. The van der Waals surface area contributed by atoms with E-state index < -0.39 is 19.3 Å². The first-order valence-electron chi connectivity index (χ1n) is 7.01. The summed E-state index contributed by atoms with van der Waals surface area (Å²) in [6.07, 6.45) is 11.4. The van der Waals surface area contributed by atoms with E-state index >= 15 is 0 Å². The van der Waals surface area contributed by atoms with Crippen LogP contribution in [0.3, 0.4) is 0 Å². The molecule has 1 unspecified atom stereocenters. The van der Waals surface area contributed by atoms with Crippen LogP contribution < -0.4 is 0 Å². The first kappa shape index (κ1) is 19.0. The Morgan fingerprint density at radius 3 is 1.74 bits per heavy atom. The molecule has 19 heavy (non-hydrogen) atoms. The number of hydrogen-bond acceptors (Lipinski definition) is 4. The van der Waals surface area contributed by atoms with E-state index in [-0.39, 0.29) is 6.61 Å². The van der Waals surface area contributed by atoms with Crippen LogP contribution in [0.25, 0.3) is 0 Å². The number of rotatable bonds is 13. The molecule has 116 valence electrons. The SMILES string of the molecule is CCCCCCCCCCCCOS(=O)(=O)S(=O)O. The van der Waals surface area contributed by atoms with Gasteiger partial charge in [-0.25, -0.2) is 4.21 Å². The van der Waals surface area contributed by atoms with E-state index in [2.05, 4.69) is 11.1 Å². The second-order valence-electron chi connectivity index (χ2n) is 4.63. The van der Waals surface area contributed by atoms with Crippen LogP contribution in [0, 0.1) is 0 Å². The van der Waals surface area contributed by atoms with Gasteiger partial charge in [0.05, 0.1) is 6.61 Å². The third-order valence-corrected chi connectivity index (χ3v) is 5.04. The molecule has 0 amide bonds. The molecule has 1 N–H and O–H groups in total. The van der Waals surface area contributed by atoms with Crippen LogP contribution >= 0.6 is 0 Å². The van der Waals surface area contributed by atoms with Crippen LogP contribution in [0.4, 0.5) is 0 Å². The molecule has 0 rings (SSSR count). The Morgan fingerprint density at radius 2 is 1.32 bits per heavy atom. The minimum atomic E-state index is -4.28. The maximum absolute atomic E-state index is 10.8. The molecular formula is C12H26O5S2. The van der Waals surface area contributed by atoms with E-state index in [4.69, 9.17) is 4.55 Å². The van der Waals surface area contributed by atoms with Crippen LogP contribution in [0.15, 0.2) is 0 Å². The zero-order chi connectivity index (χ0) is 14.6. The highest BCUT2D eigenvalue weighted by atomic mass is 33.2. The first-order chi connectivity index (χ1) is 9.00. The van der Waals surface area contributed by atoms with Gasteiger partial charge in [0.25, 0.3) is 0 Å². The smallest absolute Gasteiger partial charge is 0.292 e. The molecule has 0 aromatic heterocycles. The van der Waals surface area contributed by atoms with E-state index in [9.17, 15) is 12.6 Å². The molecule has 0 saturated carbocycles. The average molecular weight is 314 g/mol. The molecule has 0 fully saturated rings. The van der Waals surface area contributed by atoms with Gasteiger partial charge < -0.3 is 0 Å². The lowest BCUT2D eigenvalue weighted by atomic mass is 10.1. The topological polar surface area (TPSA) is 80.7 Å². The fourth-order valence-electron chi connectivity index (χ4n) is 1.79. The largest absolute Gasteiger partial charge is 0.375 e. The van der Waals surface area contributed by atoms with E-state index in [1.807, 2.05) is 0 Å². The average Bonchev–Trinajstić information content (AvgIpc) is 2.35. The Hall–Kier alpha value is 0.0200. The van der Waals surface area contributed by atoms with Crippen LogP contribution in [0.5, 0.6) is 0 Å². The summed E-state index contributed by atoms with van der Waals surface area (Å²) in [6.45, 7) is 2.19. The molecule has 0 aromatic carbocycles. The first-order valence-corrected chi connectivity index (χ1v) is 10.0. The van der Waals surface area contributed by atoms with Gasteiger partial charge in [0, 0.05) is 0 Å². The van der Waals surface area contributed by atoms with Gasteiger partial charge in [-0.3, -0.25) is 8.74 Å². The molecule has 0 aliphatic heterocycles. The van der Waals surface area contributed by atoms with Crippen molar-refractivity contribution in [2.75, 3.05) is 6.61 Å². The molecule has 0 radical (unpaired) electrons. The molecule has 0 heterocycles. The molecule has 0 aromatic rings. The Bertz CT molecular complexity index is 327. The third kappa shape index (κ3) is 11.5. The fourth-order valence-corrected chi connectivity index (χ4v) is 2.65. The van der Waals surface area contributed by atoms with E-state index in [1.165, 1.54) is 38.5 Å². The van der Waals surface area contributed by atoms with Crippen molar-refractivity contribution in [1.29, 1.82) is 0 Å². The normalized spacial score (nSPS) is 13.6.